The third kappa shape index (κ3) is 4.32. The highest BCUT2D eigenvalue weighted by Gasteiger charge is 2.09. The largest absolute Gasteiger partial charge is 0.356 e. The van der Waals surface area contributed by atoms with E-state index in [2.05, 4.69) is 24.1 Å². The normalized spacial score (nSPS) is 10.8. The molecule has 0 atom stereocenters. The van der Waals surface area contributed by atoms with Gasteiger partial charge in [0.1, 0.15) is 5.01 Å². The van der Waals surface area contributed by atoms with Crippen LogP contribution in [0.5, 0.6) is 0 Å². The predicted octanol–water partition coefficient (Wildman–Crippen LogP) is 3.78. The fourth-order valence-electron chi connectivity index (χ4n) is 1.66. The topological polar surface area (TPSA) is 42.0 Å². The van der Waals surface area contributed by atoms with Crippen molar-refractivity contribution in [1.29, 1.82) is 0 Å². The highest BCUT2D eigenvalue weighted by Crippen LogP contribution is 2.25. The Labute approximate surface area is 128 Å². The fourth-order valence-corrected chi connectivity index (χ4v) is 2.61. The zero-order valence-corrected chi connectivity index (χ0v) is 13.1. The van der Waals surface area contributed by atoms with Crippen LogP contribution >= 0.6 is 22.9 Å². The monoisotopic (exact) mass is 308 g/mol. The minimum atomic E-state index is 0.0201. The molecule has 1 heterocycles. The lowest BCUT2D eigenvalue weighted by atomic mass is 10.2. The lowest BCUT2D eigenvalue weighted by Gasteiger charge is -2.06. The van der Waals surface area contributed by atoms with Crippen molar-refractivity contribution in [1.82, 2.24) is 10.3 Å². The number of nitrogens with one attached hydrogen (secondary N) is 1. The molecule has 1 aromatic heterocycles. The number of halogens is 1. The summed E-state index contributed by atoms with van der Waals surface area (Å²) in [6.45, 7) is 4.84. The summed E-state index contributed by atoms with van der Waals surface area (Å²) < 4.78 is 0. The number of nitrogens with zero attached hydrogens (tertiary/aromatic N) is 1. The Morgan fingerprint density at radius 3 is 2.70 bits per heavy atom. The number of amides is 1. The van der Waals surface area contributed by atoms with Crippen LogP contribution in [0.4, 0.5) is 0 Å². The SMILES string of the molecule is CC(C)CNC(=O)Cc1csc(-c2ccc(Cl)cc2)n1. The van der Waals surface area contributed by atoms with Crippen molar-refractivity contribution in [2.45, 2.75) is 20.3 Å². The van der Waals surface area contributed by atoms with E-state index < -0.39 is 0 Å². The molecule has 0 fully saturated rings. The lowest BCUT2D eigenvalue weighted by Crippen LogP contribution is -2.28. The Kier molecular flexibility index (Phi) is 5.15. The standard InChI is InChI=1S/C15H17ClN2OS/c1-10(2)8-17-14(19)7-13-9-20-15(18-13)11-3-5-12(16)6-4-11/h3-6,9-10H,7-8H2,1-2H3,(H,17,19). The number of aromatic nitrogens is 1. The third-order valence-electron chi connectivity index (χ3n) is 2.69. The van der Waals surface area contributed by atoms with E-state index in [9.17, 15) is 4.79 Å². The van der Waals surface area contributed by atoms with Crippen LogP contribution in [-0.2, 0) is 11.2 Å². The van der Waals surface area contributed by atoms with Gasteiger partial charge in [0.05, 0.1) is 12.1 Å². The molecule has 0 aliphatic rings. The molecule has 3 nitrogen and oxygen atoms in total. The molecule has 2 aromatic rings. The van der Waals surface area contributed by atoms with Crippen molar-refractivity contribution in [3.05, 3.63) is 40.4 Å². The molecule has 1 N–H and O–H groups in total. The second kappa shape index (κ2) is 6.86. The number of benzene rings is 1. The van der Waals surface area contributed by atoms with E-state index in [4.69, 9.17) is 11.6 Å². The van der Waals surface area contributed by atoms with Gasteiger partial charge < -0.3 is 5.32 Å². The first-order valence-corrected chi connectivity index (χ1v) is 7.77. The average molecular weight is 309 g/mol. The molecule has 0 saturated heterocycles. The Morgan fingerprint density at radius 2 is 2.05 bits per heavy atom. The maximum absolute atomic E-state index is 11.7. The molecular weight excluding hydrogens is 292 g/mol. The number of hydrogen-bond donors (Lipinski definition) is 1. The molecule has 0 saturated carbocycles. The second-order valence-corrected chi connectivity index (χ2v) is 6.32. The van der Waals surface area contributed by atoms with Crippen molar-refractivity contribution in [3.8, 4) is 10.6 Å². The second-order valence-electron chi connectivity index (χ2n) is 5.03. The van der Waals surface area contributed by atoms with Gasteiger partial charge in [0.15, 0.2) is 0 Å². The smallest absolute Gasteiger partial charge is 0.226 e. The van der Waals surface area contributed by atoms with Crippen molar-refractivity contribution in [2.75, 3.05) is 6.54 Å². The van der Waals surface area contributed by atoms with E-state index in [1.807, 2.05) is 29.6 Å². The van der Waals surface area contributed by atoms with Crippen LogP contribution in [0.3, 0.4) is 0 Å². The molecule has 0 unspecified atom stereocenters. The van der Waals surface area contributed by atoms with Gasteiger partial charge in [-0.05, 0) is 18.1 Å². The third-order valence-corrected chi connectivity index (χ3v) is 3.88. The Hall–Kier alpha value is -1.39. The minimum absolute atomic E-state index is 0.0201. The van der Waals surface area contributed by atoms with Gasteiger partial charge in [-0.25, -0.2) is 4.98 Å². The highest BCUT2D eigenvalue weighted by molar-refractivity contribution is 7.13. The number of carbonyl (C=O) groups is 1. The first-order chi connectivity index (χ1) is 9.54. The molecule has 0 bridgehead atoms. The summed E-state index contributed by atoms with van der Waals surface area (Å²) >= 11 is 7.40. The quantitative estimate of drug-likeness (QED) is 0.913. The molecule has 1 aromatic carbocycles. The average Bonchev–Trinajstić information content (AvgIpc) is 2.85. The Morgan fingerprint density at radius 1 is 1.35 bits per heavy atom. The number of rotatable bonds is 5. The van der Waals surface area contributed by atoms with Gasteiger partial charge in [-0.15, -0.1) is 11.3 Å². The molecule has 106 valence electrons. The predicted molar refractivity (Wildman–Crippen MR) is 84.1 cm³/mol. The van der Waals surface area contributed by atoms with Crippen LogP contribution < -0.4 is 5.32 Å². The van der Waals surface area contributed by atoms with Gasteiger partial charge in [-0.2, -0.15) is 0 Å². The van der Waals surface area contributed by atoms with Gasteiger partial charge in [0.25, 0.3) is 0 Å². The van der Waals surface area contributed by atoms with Crippen LogP contribution in [0.25, 0.3) is 10.6 Å². The van der Waals surface area contributed by atoms with Gasteiger partial charge in [-0.3, -0.25) is 4.79 Å². The molecule has 0 radical (unpaired) electrons. The summed E-state index contributed by atoms with van der Waals surface area (Å²) in [5, 5.41) is 6.44. The van der Waals surface area contributed by atoms with E-state index in [-0.39, 0.29) is 5.91 Å². The number of thiazole rings is 1. The molecule has 20 heavy (non-hydrogen) atoms. The van der Waals surface area contributed by atoms with Crippen LogP contribution in [-0.4, -0.2) is 17.4 Å². The van der Waals surface area contributed by atoms with Crippen LogP contribution in [0.2, 0.25) is 5.02 Å². The Balaban J connectivity index is 1.98. The highest BCUT2D eigenvalue weighted by atomic mass is 35.5. The zero-order valence-electron chi connectivity index (χ0n) is 11.5. The summed E-state index contributed by atoms with van der Waals surface area (Å²) in [5.41, 5.74) is 1.83. The molecule has 2 rings (SSSR count). The molecule has 5 heteroatoms. The molecule has 0 spiro atoms. The molecular formula is C15H17ClN2OS. The summed E-state index contributed by atoms with van der Waals surface area (Å²) in [6.07, 6.45) is 0.330. The Bertz CT molecular complexity index is 578. The van der Waals surface area contributed by atoms with Crippen molar-refractivity contribution < 1.29 is 4.79 Å². The summed E-state index contributed by atoms with van der Waals surface area (Å²) in [6, 6.07) is 7.55. The van der Waals surface area contributed by atoms with E-state index in [1.165, 1.54) is 0 Å². The maximum Gasteiger partial charge on any atom is 0.226 e. The number of carbonyl (C=O) groups excluding carboxylic acids is 1. The number of hydrogen-bond acceptors (Lipinski definition) is 3. The van der Waals surface area contributed by atoms with Crippen LogP contribution in [0, 0.1) is 5.92 Å². The van der Waals surface area contributed by atoms with Crippen LogP contribution in [0.1, 0.15) is 19.5 Å². The lowest BCUT2D eigenvalue weighted by molar-refractivity contribution is -0.120. The molecule has 0 aliphatic heterocycles. The van der Waals surface area contributed by atoms with Gasteiger partial charge in [0.2, 0.25) is 5.91 Å². The van der Waals surface area contributed by atoms with E-state index >= 15 is 0 Å². The van der Waals surface area contributed by atoms with Gasteiger partial charge in [0, 0.05) is 22.5 Å². The van der Waals surface area contributed by atoms with E-state index in [0.29, 0.717) is 23.9 Å². The minimum Gasteiger partial charge on any atom is -0.356 e. The van der Waals surface area contributed by atoms with E-state index in [0.717, 1.165) is 16.3 Å². The summed E-state index contributed by atoms with van der Waals surface area (Å²) in [5.74, 6) is 0.477. The molecule has 0 aliphatic carbocycles. The maximum atomic E-state index is 11.7. The van der Waals surface area contributed by atoms with Gasteiger partial charge in [-0.1, -0.05) is 37.6 Å². The van der Waals surface area contributed by atoms with Crippen molar-refractivity contribution in [3.63, 3.8) is 0 Å². The summed E-state index contributed by atoms with van der Waals surface area (Å²) in [4.78, 5) is 16.2. The first kappa shape index (κ1) is 15.0. The van der Waals surface area contributed by atoms with Crippen LogP contribution in [0.15, 0.2) is 29.6 Å². The van der Waals surface area contributed by atoms with E-state index in [1.54, 1.807) is 11.3 Å². The van der Waals surface area contributed by atoms with Gasteiger partial charge >= 0.3 is 0 Å². The zero-order chi connectivity index (χ0) is 14.5. The molecule has 1 amide bonds. The first-order valence-electron chi connectivity index (χ1n) is 6.51. The summed E-state index contributed by atoms with van der Waals surface area (Å²) in [7, 11) is 0. The van der Waals surface area contributed by atoms with Crippen molar-refractivity contribution >= 4 is 28.8 Å². The van der Waals surface area contributed by atoms with Crippen molar-refractivity contribution in [2.24, 2.45) is 5.92 Å². The fraction of sp³-hybridized carbons (Fsp3) is 0.333.